The highest BCUT2D eigenvalue weighted by atomic mass is 14.4. The van der Waals surface area contributed by atoms with E-state index in [-0.39, 0.29) is 10.8 Å². The molecule has 2 aliphatic carbocycles. The molecule has 9 aromatic carbocycles. The fourth-order valence-electron chi connectivity index (χ4n) is 10.3. The maximum absolute atomic E-state index is 2.49. The lowest BCUT2D eigenvalue weighted by atomic mass is 9.78. The molecule has 54 heavy (non-hydrogen) atoms. The minimum absolute atomic E-state index is 0.0537. The first kappa shape index (κ1) is 31.3. The Morgan fingerprint density at radius 2 is 0.759 bits per heavy atom. The van der Waals surface area contributed by atoms with Crippen LogP contribution in [0.25, 0.3) is 88.0 Å². The molecule has 0 N–H and O–H groups in total. The molecule has 0 aromatic heterocycles. The maximum Gasteiger partial charge on any atom is 0.0165 e. The van der Waals surface area contributed by atoms with Gasteiger partial charge in [-0.25, -0.2) is 0 Å². The quantitative estimate of drug-likeness (QED) is 0.162. The van der Waals surface area contributed by atoms with Crippen LogP contribution in [0.5, 0.6) is 0 Å². The molecule has 256 valence electrons. The van der Waals surface area contributed by atoms with E-state index in [9.17, 15) is 0 Å². The van der Waals surface area contributed by atoms with E-state index in [1.807, 2.05) is 0 Å². The minimum atomic E-state index is -0.165. The van der Waals surface area contributed by atoms with E-state index in [2.05, 4.69) is 198 Å². The van der Waals surface area contributed by atoms with Crippen molar-refractivity contribution >= 4 is 32.3 Å². The lowest BCUT2D eigenvalue weighted by molar-refractivity contribution is 0.661. The Hall–Kier alpha value is -6.24. The van der Waals surface area contributed by atoms with Gasteiger partial charge in [-0.3, -0.25) is 0 Å². The first-order chi connectivity index (χ1) is 26.3. The second-order valence-corrected chi connectivity index (χ2v) is 16.4. The van der Waals surface area contributed by atoms with E-state index in [1.54, 1.807) is 0 Å². The SMILES string of the molecule is CC1(C)c2cc(-c3cccc4c5c(ccc34)-c3ccccc3C5(C)C)ccc2-c2ccc(-c3c4ccccc4c(-c4ccccc4)c4ccccc34)cc21. The van der Waals surface area contributed by atoms with Gasteiger partial charge < -0.3 is 0 Å². The number of hydrogen-bond acceptors (Lipinski definition) is 0. The molecule has 0 saturated carbocycles. The topological polar surface area (TPSA) is 0 Å². The summed E-state index contributed by atoms with van der Waals surface area (Å²) in [6.45, 7) is 9.60. The average Bonchev–Trinajstić information content (AvgIpc) is 3.59. The van der Waals surface area contributed by atoms with Crippen molar-refractivity contribution in [3.8, 4) is 55.6 Å². The summed E-state index contributed by atoms with van der Waals surface area (Å²) in [7, 11) is 0. The van der Waals surface area contributed by atoms with Crippen LogP contribution in [0.4, 0.5) is 0 Å². The monoisotopic (exact) mass is 688 g/mol. The standard InChI is InChI=1S/C54H40/c1-53(2)48-31-34(36-22-14-23-45-37(36)29-30-46-38-17-12-13-24-47(38)54(3,4)52(45)46)25-27-39(48)40-28-26-35(32-49(40)53)51-43-20-10-8-18-41(43)50(33-15-6-5-7-16-33)42-19-9-11-21-44(42)51/h5-32H,1-4H3. The highest BCUT2D eigenvalue weighted by Crippen LogP contribution is 2.54. The highest BCUT2D eigenvalue weighted by molar-refractivity contribution is 6.21. The van der Waals surface area contributed by atoms with Gasteiger partial charge in [0, 0.05) is 10.8 Å². The van der Waals surface area contributed by atoms with Gasteiger partial charge >= 0.3 is 0 Å². The van der Waals surface area contributed by atoms with E-state index in [0.29, 0.717) is 0 Å². The summed E-state index contributed by atoms with van der Waals surface area (Å²) < 4.78 is 0. The summed E-state index contributed by atoms with van der Waals surface area (Å²) in [4.78, 5) is 0. The summed E-state index contributed by atoms with van der Waals surface area (Å²) in [6.07, 6.45) is 0. The molecule has 0 radical (unpaired) electrons. The first-order valence-electron chi connectivity index (χ1n) is 19.3. The van der Waals surface area contributed by atoms with Crippen LogP contribution >= 0.6 is 0 Å². The van der Waals surface area contributed by atoms with E-state index in [0.717, 1.165) is 0 Å². The lowest BCUT2D eigenvalue weighted by Gasteiger charge is -2.24. The Kier molecular flexibility index (Phi) is 6.46. The molecular formula is C54H40. The molecule has 0 aliphatic heterocycles. The van der Waals surface area contributed by atoms with E-state index in [4.69, 9.17) is 0 Å². The van der Waals surface area contributed by atoms with Gasteiger partial charge in [-0.1, -0.05) is 185 Å². The third-order valence-corrected chi connectivity index (χ3v) is 12.8. The van der Waals surface area contributed by atoms with E-state index < -0.39 is 0 Å². The van der Waals surface area contributed by atoms with Crippen molar-refractivity contribution in [2.45, 2.75) is 38.5 Å². The molecule has 0 atom stereocenters. The first-order valence-corrected chi connectivity index (χ1v) is 19.3. The third-order valence-electron chi connectivity index (χ3n) is 12.8. The second kappa shape index (κ2) is 11.1. The van der Waals surface area contributed by atoms with Gasteiger partial charge in [-0.05, 0) is 122 Å². The Morgan fingerprint density at radius 1 is 0.278 bits per heavy atom. The molecule has 0 nitrogen and oxygen atoms in total. The predicted molar refractivity (Wildman–Crippen MR) is 230 cm³/mol. The van der Waals surface area contributed by atoms with Crippen molar-refractivity contribution in [3.05, 3.63) is 192 Å². The Labute approximate surface area is 317 Å². The minimum Gasteiger partial charge on any atom is -0.0622 e. The molecule has 0 heteroatoms. The summed E-state index contributed by atoms with van der Waals surface area (Å²) in [5.41, 5.74) is 18.6. The van der Waals surface area contributed by atoms with Crippen molar-refractivity contribution in [3.63, 3.8) is 0 Å². The van der Waals surface area contributed by atoms with Gasteiger partial charge in [0.25, 0.3) is 0 Å². The fourth-order valence-corrected chi connectivity index (χ4v) is 10.3. The molecule has 11 rings (SSSR count). The maximum atomic E-state index is 2.49. The molecule has 0 unspecified atom stereocenters. The van der Waals surface area contributed by atoms with Gasteiger partial charge in [0.15, 0.2) is 0 Å². The molecule has 0 spiro atoms. The molecule has 0 bridgehead atoms. The zero-order chi connectivity index (χ0) is 36.3. The second-order valence-electron chi connectivity index (χ2n) is 16.4. The highest BCUT2D eigenvalue weighted by Gasteiger charge is 2.38. The van der Waals surface area contributed by atoms with Crippen molar-refractivity contribution in [2.75, 3.05) is 0 Å². The van der Waals surface area contributed by atoms with Crippen LogP contribution in [0, 0.1) is 0 Å². The Bertz CT molecular complexity index is 2970. The van der Waals surface area contributed by atoms with Gasteiger partial charge in [0.05, 0.1) is 0 Å². The van der Waals surface area contributed by atoms with Crippen LogP contribution in [0.3, 0.4) is 0 Å². The number of benzene rings is 9. The smallest absolute Gasteiger partial charge is 0.0165 e. The van der Waals surface area contributed by atoms with Crippen molar-refractivity contribution in [1.82, 2.24) is 0 Å². The van der Waals surface area contributed by atoms with Gasteiger partial charge in [-0.15, -0.1) is 0 Å². The number of rotatable bonds is 3. The van der Waals surface area contributed by atoms with E-state index in [1.165, 1.54) is 110 Å². The molecule has 0 fully saturated rings. The summed E-state index contributed by atoms with van der Waals surface area (Å²) in [5.74, 6) is 0. The summed E-state index contributed by atoms with van der Waals surface area (Å²) in [6, 6.07) is 63.8. The zero-order valence-electron chi connectivity index (χ0n) is 31.2. The van der Waals surface area contributed by atoms with Gasteiger partial charge in [0.2, 0.25) is 0 Å². The molecule has 0 heterocycles. The normalized spacial score (nSPS) is 14.6. The number of hydrogen-bond donors (Lipinski definition) is 0. The van der Waals surface area contributed by atoms with E-state index >= 15 is 0 Å². The molecule has 9 aromatic rings. The van der Waals surface area contributed by atoms with Crippen molar-refractivity contribution in [2.24, 2.45) is 0 Å². The van der Waals surface area contributed by atoms with Crippen LogP contribution in [-0.2, 0) is 10.8 Å². The van der Waals surface area contributed by atoms with Crippen LogP contribution in [-0.4, -0.2) is 0 Å². The lowest BCUT2D eigenvalue weighted by Crippen LogP contribution is -2.15. The third kappa shape index (κ3) is 4.20. The summed E-state index contributed by atoms with van der Waals surface area (Å²) >= 11 is 0. The largest absolute Gasteiger partial charge is 0.0622 e. The Balaban J connectivity index is 1.06. The fraction of sp³-hybridized carbons (Fsp3) is 0.111. The predicted octanol–water partition coefficient (Wildman–Crippen LogP) is 14.8. The van der Waals surface area contributed by atoms with Crippen molar-refractivity contribution in [1.29, 1.82) is 0 Å². The zero-order valence-corrected chi connectivity index (χ0v) is 31.2. The molecule has 0 saturated heterocycles. The Morgan fingerprint density at radius 3 is 1.43 bits per heavy atom. The van der Waals surface area contributed by atoms with Crippen LogP contribution in [0.15, 0.2) is 170 Å². The molecule has 0 amide bonds. The molecular weight excluding hydrogens is 649 g/mol. The van der Waals surface area contributed by atoms with Gasteiger partial charge in [0.1, 0.15) is 0 Å². The number of fused-ring (bicyclic) bond motifs is 10. The van der Waals surface area contributed by atoms with Crippen molar-refractivity contribution < 1.29 is 0 Å². The van der Waals surface area contributed by atoms with Crippen LogP contribution in [0.2, 0.25) is 0 Å². The van der Waals surface area contributed by atoms with Crippen LogP contribution in [0.1, 0.15) is 49.9 Å². The van der Waals surface area contributed by atoms with Gasteiger partial charge in [-0.2, -0.15) is 0 Å². The molecule has 2 aliphatic rings. The average molecular weight is 689 g/mol. The van der Waals surface area contributed by atoms with Crippen LogP contribution < -0.4 is 0 Å². The summed E-state index contributed by atoms with van der Waals surface area (Å²) in [5, 5.41) is 7.84.